The van der Waals surface area contributed by atoms with Crippen molar-refractivity contribution >= 4 is 17.5 Å². The third kappa shape index (κ3) is 3.63. The zero-order chi connectivity index (χ0) is 16.9. The van der Waals surface area contributed by atoms with Crippen molar-refractivity contribution in [1.29, 1.82) is 0 Å². The number of ether oxygens (including phenoxy) is 3. The SMILES string of the molecule is COC(CNC(=O)C1COc2ccccc2O1)c1ccccc1Cl. The number of halogens is 1. The van der Waals surface area contributed by atoms with E-state index in [1.54, 1.807) is 19.2 Å². The molecule has 1 N–H and O–H groups in total. The van der Waals surface area contributed by atoms with Gasteiger partial charge in [0.1, 0.15) is 12.7 Å². The molecule has 1 aliphatic rings. The Morgan fingerprint density at radius 3 is 2.71 bits per heavy atom. The van der Waals surface area contributed by atoms with Gasteiger partial charge in [-0.25, -0.2) is 0 Å². The molecule has 3 rings (SSSR count). The number of hydrogen-bond donors (Lipinski definition) is 1. The van der Waals surface area contributed by atoms with Crippen LogP contribution in [0.4, 0.5) is 0 Å². The van der Waals surface area contributed by atoms with Crippen LogP contribution in [0.15, 0.2) is 48.5 Å². The quantitative estimate of drug-likeness (QED) is 0.903. The average Bonchev–Trinajstić information content (AvgIpc) is 2.63. The highest BCUT2D eigenvalue weighted by Crippen LogP contribution is 2.31. The van der Waals surface area contributed by atoms with Crippen molar-refractivity contribution in [1.82, 2.24) is 5.32 Å². The van der Waals surface area contributed by atoms with Crippen LogP contribution in [0.3, 0.4) is 0 Å². The minimum atomic E-state index is -0.691. The number of rotatable bonds is 5. The van der Waals surface area contributed by atoms with Crippen LogP contribution in [-0.2, 0) is 9.53 Å². The lowest BCUT2D eigenvalue weighted by molar-refractivity contribution is -0.130. The van der Waals surface area contributed by atoms with Crippen molar-refractivity contribution < 1.29 is 19.0 Å². The number of hydrogen-bond acceptors (Lipinski definition) is 4. The third-order valence-electron chi connectivity index (χ3n) is 3.80. The Balaban J connectivity index is 1.60. The van der Waals surface area contributed by atoms with Crippen LogP contribution in [0.5, 0.6) is 11.5 Å². The second-order valence-corrected chi connectivity index (χ2v) is 5.76. The summed E-state index contributed by atoms with van der Waals surface area (Å²) in [5.41, 5.74) is 0.827. The van der Waals surface area contributed by atoms with Gasteiger partial charge in [0.25, 0.3) is 5.91 Å². The largest absolute Gasteiger partial charge is 0.485 e. The second kappa shape index (κ2) is 7.55. The van der Waals surface area contributed by atoms with Gasteiger partial charge in [-0.15, -0.1) is 0 Å². The third-order valence-corrected chi connectivity index (χ3v) is 4.14. The molecule has 6 heteroatoms. The van der Waals surface area contributed by atoms with Crippen molar-refractivity contribution in [2.45, 2.75) is 12.2 Å². The molecule has 0 fully saturated rings. The topological polar surface area (TPSA) is 56.8 Å². The highest BCUT2D eigenvalue weighted by molar-refractivity contribution is 6.31. The van der Waals surface area contributed by atoms with Crippen LogP contribution in [-0.4, -0.2) is 32.3 Å². The van der Waals surface area contributed by atoms with Crippen LogP contribution < -0.4 is 14.8 Å². The molecule has 0 radical (unpaired) electrons. The van der Waals surface area contributed by atoms with E-state index in [1.807, 2.05) is 36.4 Å². The summed E-state index contributed by atoms with van der Waals surface area (Å²) in [7, 11) is 1.58. The van der Waals surface area contributed by atoms with Crippen molar-refractivity contribution in [2.75, 3.05) is 20.3 Å². The molecular formula is C18H18ClNO4. The van der Waals surface area contributed by atoms with Gasteiger partial charge in [-0.2, -0.15) is 0 Å². The van der Waals surface area contributed by atoms with E-state index in [0.29, 0.717) is 23.1 Å². The average molecular weight is 348 g/mol. The molecule has 24 heavy (non-hydrogen) atoms. The lowest BCUT2D eigenvalue weighted by atomic mass is 10.1. The maximum atomic E-state index is 12.3. The van der Waals surface area contributed by atoms with Crippen LogP contribution in [0.25, 0.3) is 0 Å². The molecule has 1 amide bonds. The number of fused-ring (bicyclic) bond motifs is 1. The van der Waals surface area contributed by atoms with E-state index in [0.717, 1.165) is 5.56 Å². The fourth-order valence-electron chi connectivity index (χ4n) is 2.51. The zero-order valence-electron chi connectivity index (χ0n) is 13.2. The summed E-state index contributed by atoms with van der Waals surface area (Å²) >= 11 is 6.18. The van der Waals surface area contributed by atoms with Crippen molar-refractivity contribution in [3.63, 3.8) is 0 Å². The molecule has 0 saturated carbocycles. The summed E-state index contributed by atoms with van der Waals surface area (Å²) in [5, 5.41) is 3.43. The molecule has 1 heterocycles. The fraction of sp³-hybridized carbons (Fsp3) is 0.278. The van der Waals surface area contributed by atoms with Gasteiger partial charge >= 0.3 is 0 Å². The molecule has 0 spiro atoms. The van der Waals surface area contributed by atoms with Gasteiger partial charge in [-0.05, 0) is 18.2 Å². The van der Waals surface area contributed by atoms with Crippen LogP contribution in [0, 0.1) is 0 Å². The molecule has 2 aromatic rings. The Bertz CT molecular complexity index is 722. The van der Waals surface area contributed by atoms with Gasteiger partial charge in [0.15, 0.2) is 11.5 Å². The lowest BCUT2D eigenvalue weighted by Crippen LogP contribution is -2.45. The second-order valence-electron chi connectivity index (χ2n) is 5.36. The van der Waals surface area contributed by atoms with E-state index in [1.165, 1.54) is 0 Å². The summed E-state index contributed by atoms with van der Waals surface area (Å²) < 4.78 is 16.7. The molecule has 1 aliphatic heterocycles. The molecule has 0 saturated heterocycles. The van der Waals surface area contributed by atoms with Crippen LogP contribution >= 0.6 is 11.6 Å². The minimum Gasteiger partial charge on any atom is -0.485 e. The van der Waals surface area contributed by atoms with E-state index >= 15 is 0 Å². The monoisotopic (exact) mass is 347 g/mol. The van der Waals surface area contributed by atoms with Crippen molar-refractivity contribution in [3.05, 3.63) is 59.1 Å². The summed E-state index contributed by atoms with van der Waals surface area (Å²) in [6.45, 7) is 0.465. The Labute approximate surface area is 145 Å². The van der Waals surface area contributed by atoms with Crippen LogP contribution in [0.2, 0.25) is 5.02 Å². The number of para-hydroxylation sites is 2. The molecule has 2 atom stereocenters. The first-order chi connectivity index (χ1) is 11.7. The first-order valence-electron chi connectivity index (χ1n) is 7.62. The number of nitrogens with one attached hydrogen (secondary N) is 1. The minimum absolute atomic E-state index is 0.173. The molecular weight excluding hydrogens is 330 g/mol. The number of methoxy groups -OCH3 is 1. The maximum absolute atomic E-state index is 12.3. The first-order valence-corrected chi connectivity index (χ1v) is 8.00. The summed E-state index contributed by atoms with van der Waals surface area (Å²) in [5.74, 6) is 0.962. The fourth-order valence-corrected chi connectivity index (χ4v) is 2.77. The van der Waals surface area contributed by atoms with Gasteiger partial charge in [0.2, 0.25) is 6.10 Å². The van der Waals surface area contributed by atoms with E-state index in [9.17, 15) is 4.79 Å². The Hall–Kier alpha value is -2.24. The van der Waals surface area contributed by atoms with Crippen LogP contribution in [0.1, 0.15) is 11.7 Å². The number of carbonyl (C=O) groups is 1. The predicted molar refractivity (Wildman–Crippen MR) is 90.6 cm³/mol. The summed E-state index contributed by atoms with van der Waals surface area (Å²) in [4.78, 5) is 12.3. The highest BCUT2D eigenvalue weighted by Gasteiger charge is 2.27. The van der Waals surface area contributed by atoms with Gasteiger partial charge in [0, 0.05) is 24.2 Å². The van der Waals surface area contributed by atoms with Gasteiger partial charge in [-0.1, -0.05) is 41.9 Å². The van der Waals surface area contributed by atoms with E-state index in [4.69, 9.17) is 25.8 Å². The number of amides is 1. The zero-order valence-corrected chi connectivity index (χ0v) is 14.0. The predicted octanol–water partition coefficient (Wildman–Crippen LogP) is 2.98. The first kappa shape index (κ1) is 16.6. The Morgan fingerprint density at radius 1 is 1.25 bits per heavy atom. The number of carbonyl (C=O) groups excluding carboxylic acids is 1. The van der Waals surface area contributed by atoms with Gasteiger partial charge in [-0.3, -0.25) is 4.79 Å². The molecule has 2 unspecified atom stereocenters. The molecule has 126 valence electrons. The Kier molecular flexibility index (Phi) is 5.23. The standard InChI is InChI=1S/C18H18ClNO4/c1-22-16(12-6-2-3-7-13(12)19)10-20-18(21)17-11-23-14-8-4-5-9-15(14)24-17/h2-9,16-17H,10-11H2,1H3,(H,20,21). The molecule has 0 aliphatic carbocycles. The Morgan fingerprint density at radius 2 is 1.96 bits per heavy atom. The molecule has 0 aromatic heterocycles. The van der Waals surface area contributed by atoms with Crippen molar-refractivity contribution in [2.24, 2.45) is 0 Å². The van der Waals surface area contributed by atoms with E-state index in [-0.39, 0.29) is 18.6 Å². The number of benzene rings is 2. The molecule has 2 aromatic carbocycles. The summed E-state index contributed by atoms with van der Waals surface area (Å²) in [6.07, 6.45) is -1.02. The molecule has 5 nitrogen and oxygen atoms in total. The molecule has 0 bridgehead atoms. The lowest BCUT2D eigenvalue weighted by Gasteiger charge is -2.26. The normalized spacial score (nSPS) is 17.2. The smallest absolute Gasteiger partial charge is 0.264 e. The van der Waals surface area contributed by atoms with Gasteiger partial charge < -0.3 is 19.5 Å². The van der Waals surface area contributed by atoms with Crippen molar-refractivity contribution in [3.8, 4) is 11.5 Å². The maximum Gasteiger partial charge on any atom is 0.264 e. The van der Waals surface area contributed by atoms with E-state index in [2.05, 4.69) is 5.32 Å². The summed E-state index contributed by atoms with van der Waals surface area (Å²) in [6, 6.07) is 14.7. The highest BCUT2D eigenvalue weighted by atomic mass is 35.5. The van der Waals surface area contributed by atoms with E-state index < -0.39 is 6.10 Å². The van der Waals surface area contributed by atoms with Gasteiger partial charge in [0.05, 0.1) is 0 Å².